The molecule has 17 heavy (non-hydrogen) atoms. The topological polar surface area (TPSA) is 12.0 Å². The molecule has 1 aliphatic rings. The van der Waals surface area contributed by atoms with Gasteiger partial charge in [-0.2, -0.15) is 0 Å². The lowest BCUT2D eigenvalue weighted by atomic mass is 9.94. The second-order valence-electron chi connectivity index (χ2n) is 5.26. The van der Waals surface area contributed by atoms with Gasteiger partial charge in [0.2, 0.25) is 0 Å². The van der Waals surface area contributed by atoms with Crippen molar-refractivity contribution in [3.05, 3.63) is 34.9 Å². The maximum Gasteiger partial charge on any atom is 0.0320 e. The van der Waals surface area contributed by atoms with Gasteiger partial charge >= 0.3 is 0 Å². The molecule has 1 atom stereocenters. The smallest absolute Gasteiger partial charge is 0.0320 e. The third kappa shape index (κ3) is 3.10. The summed E-state index contributed by atoms with van der Waals surface area (Å²) in [4.78, 5) is 0. The summed E-state index contributed by atoms with van der Waals surface area (Å²) in [5.41, 5.74) is 4.52. The lowest BCUT2D eigenvalue weighted by molar-refractivity contribution is 0.514. The van der Waals surface area contributed by atoms with Crippen molar-refractivity contribution < 1.29 is 0 Å². The van der Waals surface area contributed by atoms with Crippen molar-refractivity contribution in [1.82, 2.24) is 5.32 Å². The molecule has 0 spiro atoms. The molecule has 0 aliphatic heterocycles. The SMILES string of the molecule is CCc1ccc(C(CC2CC2)NC)cc1CC. The first-order valence-corrected chi connectivity index (χ1v) is 7.07. The highest BCUT2D eigenvalue weighted by Gasteiger charge is 2.25. The third-order valence-corrected chi connectivity index (χ3v) is 4.01. The summed E-state index contributed by atoms with van der Waals surface area (Å²) >= 11 is 0. The Bertz CT molecular complexity index is 366. The van der Waals surface area contributed by atoms with Gasteiger partial charge in [-0.3, -0.25) is 0 Å². The molecule has 94 valence electrons. The van der Waals surface area contributed by atoms with Crippen LogP contribution in [0.1, 0.15) is 55.8 Å². The van der Waals surface area contributed by atoms with Gasteiger partial charge in [0.1, 0.15) is 0 Å². The normalized spacial score (nSPS) is 17.1. The quantitative estimate of drug-likeness (QED) is 0.783. The molecule has 0 saturated heterocycles. The molecule has 1 unspecified atom stereocenters. The first-order valence-electron chi connectivity index (χ1n) is 7.07. The predicted octanol–water partition coefficient (Wildman–Crippen LogP) is 3.87. The minimum absolute atomic E-state index is 0.554. The zero-order chi connectivity index (χ0) is 12.3. The van der Waals surface area contributed by atoms with E-state index in [0.717, 1.165) is 18.8 Å². The van der Waals surface area contributed by atoms with Gasteiger partial charge in [0, 0.05) is 6.04 Å². The van der Waals surface area contributed by atoms with E-state index >= 15 is 0 Å². The number of rotatable bonds is 6. The molecule has 0 heterocycles. The van der Waals surface area contributed by atoms with Crippen molar-refractivity contribution in [2.45, 2.75) is 52.0 Å². The van der Waals surface area contributed by atoms with E-state index in [0.29, 0.717) is 6.04 Å². The average Bonchev–Trinajstić information content (AvgIpc) is 3.19. The Hall–Kier alpha value is -0.820. The van der Waals surface area contributed by atoms with Crippen LogP contribution in [0, 0.1) is 5.92 Å². The molecule has 1 fully saturated rings. The van der Waals surface area contributed by atoms with Crippen molar-refractivity contribution in [1.29, 1.82) is 0 Å². The Labute approximate surface area is 106 Å². The van der Waals surface area contributed by atoms with Crippen LogP contribution in [0.5, 0.6) is 0 Å². The monoisotopic (exact) mass is 231 g/mol. The van der Waals surface area contributed by atoms with E-state index < -0.39 is 0 Å². The van der Waals surface area contributed by atoms with Crippen LogP contribution in [0.2, 0.25) is 0 Å². The largest absolute Gasteiger partial charge is 0.313 e. The van der Waals surface area contributed by atoms with Gasteiger partial charge in [-0.1, -0.05) is 44.9 Å². The van der Waals surface area contributed by atoms with Crippen LogP contribution in [-0.2, 0) is 12.8 Å². The van der Waals surface area contributed by atoms with Crippen LogP contribution in [0.25, 0.3) is 0 Å². The molecule has 2 rings (SSSR count). The van der Waals surface area contributed by atoms with Crippen molar-refractivity contribution in [2.75, 3.05) is 7.05 Å². The van der Waals surface area contributed by atoms with Gasteiger partial charge in [-0.25, -0.2) is 0 Å². The maximum absolute atomic E-state index is 3.48. The van der Waals surface area contributed by atoms with Gasteiger partial charge in [0.25, 0.3) is 0 Å². The van der Waals surface area contributed by atoms with Gasteiger partial charge < -0.3 is 5.32 Å². The van der Waals surface area contributed by atoms with Crippen LogP contribution in [0.15, 0.2) is 18.2 Å². The highest BCUT2D eigenvalue weighted by Crippen LogP contribution is 2.37. The van der Waals surface area contributed by atoms with Gasteiger partial charge in [-0.05, 0) is 48.9 Å². The van der Waals surface area contributed by atoms with Gasteiger partial charge in [-0.15, -0.1) is 0 Å². The molecule has 0 amide bonds. The van der Waals surface area contributed by atoms with Crippen LogP contribution in [0.3, 0.4) is 0 Å². The third-order valence-electron chi connectivity index (χ3n) is 4.01. The zero-order valence-electron chi connectivity index (χ0n) is 11.4. The van der Waals surface area contributed by atoms with Crippen LogP contribution in [-0.4, -0.2) is 7.05 Å². The summed E-state index contributed by atoms with van der Waals surface area (Å²) in [6.45, 7) is 4.50. The second kappa shape index (κ2) is 5.68. The lowest BCUT2D eigenvalue weighted by Crippen LogP contribution is -2.17. The van der Waals surface area contributed by atoms with Gasteiger partial charge in [0.15, 0.2) is 0 Å². The molecule has 1 aromatic rings. The van der Waals surface area contributed by atoms with Crippen LogP contribution >= 0.6 is 0 Å². The summed E-state index contributed by atoms with van der Waals surface area (Å²) in [5.74, 6) is 0.975. The Morgan fingerprint density at radius 3 is 2.41 bits per heavy atom. The molecule has 1 aromatic carbocycles. The summed E-state index contributed by atoms with van der Waals surface area (Å²) in [6, 6.07) is 7.62. The second-order valence-corrected chi connectivity index (χ2v) is 5.26. The Kier molecular flexibility index (Phi) is 4.22. The standard InChI is InChI=1S/C16H25N/c1-4-13-8-9-15(11-14(13)5-2)16(17-3)10-12-6-7-12/h8-9,11-12,16-17H,4-7,10H2,1-3H3. The van der Waals surface area contributed by atoms with Crippen molar-refractivity contribution in [3.8, 4) is 0 Å². The summed E-state index contributed by atoms with van der Waals surface area (Å²) < 4.78 is 0. The van der Waals surface area contributed by atoms with E-state index in [9.17, 15) is 0 Å². The van der Waals surface area contributed by atoms with E-state index in [1.165, 1.54) is 36.0 Å². The molecule has 0 bridgehead atoms. The van der Waals surface area contributed by atoms with E-state index in [1.54, 1.807) is 0 Å². The van der Waals surface area contributed by atoms with Crippen LogP contribution in [0.4, 0.5) is 0 Å². The Balaban J connectivity index is 2.17. The molecule has 1 aliphatic carbocycles. The summed E-state index contributed by atoms with van der Waals surface area (Å²) in [7, 11) is 2.09. The van der Waals surface area contributed by atoms with E-state index in [4.69, 9.17) is 0 Å². The predicted molar refractivity (Wildman–Crippen MR) is 74.3 cm³/mol. The van der Waals surface area contributed by atoms with Crippen molar-refractivity contribution in [3.63, 3.8) is 0 Å². The Morgan fingerprint density at radius 2 is 1.88 bits per heavy atom. The van der Waals surface area contributed by atoms with Gasteiger partial charge in [0.05, 0.1) is 0 Å². The van der Waals surface area contributed by atoms with Crippen LogP contribution < -0.4 is 5.32 Å². The molecule has 0 aromatic heterocycles. The highest BCUT2D eigenvalue weighted by molar-refractivity contribution is 5.34. The van der Waals surface area contributed by atoms with E-state index in [-0.39, 0.29) is 0 Å². The molecule has 1 saturated carbocycles. The first-order chi connectivity index (χ1) is 8.28. The zero-order valence-corrected chi connectivity index (χ0v) is 11.4. The molecule has 1 heteroatoms. The van der Waals surface area contributed by atoms with E-state index in [2.05, 4.69) is 44.4 Å². The fourth-order valence-electron chi connectivity index (χ4n) is 2.64. The first kappa shape index (κ1) is 12.6. The fourth-order valence-corrected chi connectivity index (χ4v) is 2.64. The number of hydrogen-bond acceptors (Lipinski definition) is 1. The maximum atomic E-state index is 3.48. The highest BCUT2D eigenvalue weighted by atomic mass is 14.9. The molecular weight excluding hydrogens is 206 g/mol. The Morgan fingerprint density at radius 1 is 1.18 bits per heavy atom. The molecular formula is C16H25N. The van der Waals surface area contributed by atoms with Crippen molar-refractivity contribution >= 4 is 0 Å². The number of nitrogens with one attached hydrogen (secondary N) is 1. The lowest BCUT2D eigenvalue weighted by Gasteiger charge is -2.18. The minimum Gasteiger partial charge on any atom is -0.313 e. The molecule has 1 N–H and O–H groups in total. The number of benzene rings is 1. The number of aryl methyl sites for hydroxylation is 2. The van der Waals surface area contributed by atoms with Crippen molar-refractivity contribution in [2.24, 2.45) is 5.92 Å². The fraction of sp³-hybridized carbons (Fsp3) is 0.625. The number of hydrogen-bond donors (Lipinski definition) is 1. The summed E-state index contributed by atoms with van der Waals surface area (Å²) in [5, 5.41) is 3.48. The molecule has 1 nitrogen and oxygen atoms in total. The molecule has 0 radical (unpaired) electrons. The van der Waals surface area contributed by atoms with E-state index in [1.807, 2.05) is 0 Å². The average molecular weight is 231 g/mol. The summed E-state index contributed by atoms with van der Waals surface area (Å²) in [6.07, 6.45) is 6.48. The minimum atomic E-state index is 0.554.